The first-order valence-electron chi connectivity index (χ1n) is 8.83. The minimum absolute atomic E-state index is 0.0903. The topological polar surface area (TPSA) is 41.5 Å². The number of hydrogen-bond donors (Lipinski definition) is 0. The second-order valence-electron chi connectivity index (χ2n) is 6.64. The summed E-state index contributed by atoms with van der Waals surface area (Å²) in [4.78, 5) is 12.8. The number of ether oxygens (including phenoxy) is 1. The van der Waals surface area contributed by atoms with E-state index in [1.54, 1.807) is 18.2 Å². The van der Waals surface area contributed by atoms with E-state index in [4.69, 9.17) is 4.74 Å². The van der Waals surface area contributed by atoms with Gasteiger partial charge in [-0.3, -0.25) is 0 Å². The minimum Gasteiger partial charge on any atom is -0.494 e. The van der Waals surface area contributed by atoms with Gasteiger partial charge in [0.2, 0.25) is 0 Å². The van der Waals surface area contributed by atoms with E-state index in [9.17, 15) is 8.78 Å². The van der Waals surface area contributed by atoms with Gasteiger partial charge in [-0.25, -0.2) is 18.7 Å². The van der Waals surface area contributed by atoms with Crippen LogP contribution in [-0.4, -0.2) is 42.8 Å². The molecule has 2 heterocycles. The number of hydrogen-bond acceptors (Lipinski definition) is 5. The van der Waals surface area contributed by atoms with Crippen LogP contribution in [0.4, 0.5) is 20.3 Å². The van der Waals surface area contributed by atoms with Crippen molar-refractivity contribution in [2.24, 2.45) is 0 Å². The Bertz CT molecular complexity index is 981. The molecule has 1 atom stereocenters. The predicted octanol–water partition coefficient (Wildman–Crippen LogP) is 3.63. The van der Waals surface area contributed by atoms with Crippen LogP contribution in [0.25, 0.3) is 10.9 Å². The molecular weight excluding hydrogens is 350 g/mol. The summed E-state index contributed by atoms with van der Waals surface area (Å²) in [5, 5.41) is 0.738. The molecule has 1 unspecified atom stereocenters. The Morgan fingerprint density at radius 3 is 2.63 bits per heavy atom. The lowest BCUT2D eigenvalue weighted by atomic mass is 10.1. The highest BCUT2D eigenvalue weighted by Crippen LogP contribution is 2.32. The third-order valence-electron chi connectivity index (χ3n) is 4.98. The molecule has 0 aliphatic carbocycles. The lowest BCUT2D eigenvalue weighted by molar-refractivity contribution is 0.387. The zero-order valence-corrected chi connectivity index (χ0v) is 15.2. The molecule has 1 aromatic heterocycles. The summed E-state index contributed by atoms with van der Waals surface area (Å²) in [7, 11) is 1.43. The molecule has 1 fully saturated rings. The fraction of sp³-hybridized carbons (Fsp3) is 0.300. The molecule has 1 aliphatic rings. The Morgan fingerprint density at radius 2 is 1.89 bits per heavy atom. The van der Waals surface area contributed by atoms with Gasteiger partial charge in [-0.1, -0.05) is 12.1 Å². The number of aromatic nitrogens is 2. The van der Waals surface area contributed by atoms with E-state index < -0.39 is 5.82 Å². The maximum Gasteiger partial charge on any atom is 0.167 e. The summed E-state index contributed by atoms with van der Waals surface area (Å²) in [5.74, 6) is 0.230. The van der Waals surface area contributed by atoms with Crippen molar-refractivity contribution in [1.29, 1.82) is 0 Å². The van der Waals surface area contributed by atoms with Gasteiger partial charge in [0.15, 0.2) is 11.6 Å². The fourth-order valence-corrected chi connectivity index (χ4v) is 3.63. The van der Waals surface area contributed by atoms with Crippen LogP contribution in [0.1, 0.15) is 6.92 Å². The maximum absolute atomic E-state index is 14.1. The van der Waals surface area contributed by atoms with E-state index in [2.05, 4.69) is 21.8 Å². The maximum atomic E-state index is 14.1. The molecule has 0 saturated carbocycles. The third-order valence-corrected chi connectivity index (χ3v) is 4.98. The summed E-state index contributed by atoms with van der Waals surface area (Å²) in [6.07, 6.45) is 1.44. The van der Waals surface area contributed by atoms with Crippen molar-refractivity contribution >= 4 is 22.4 Å². The number of benzene rings is 2. The fourth-order valence-electron chi connectivity index (χ4n) is 3.63. The summed E-state index contributed by atoms with van der Waals surface area (Å²) >= 11 is 0. The zero-order valence-electron chi connectivity index (χ0n) is 15.2. The SMILES string of the molecule is COc1cc2c(N3CCN(c4ccccc4F)CC3C)ncnc2cc1F. The number of fused-ring (bicyclic) bond motifs is 1. The molecule has 140 valence electrons. The van der Waals surface area contributed by atoms with E-state index in [-0.39, 0.29) is 17.6 Å². The monoisotopic (exact) mass is 370 g/mol. The second kappa shape index (κ2) is 6.98. The van der Waals surface area contributed by atoms with E-state index in [1.807, 2.05) is 11.0 Å². The molecule has 0 amide bonds. The summed E-state index contributed by atoms with van der Waals surface area (Å²) < 4.78 is 33.2. The van der Waals surface area contributed by atoms with E-state index in [0.717, 1.165) is 11.2 Å². The average molecular weight is 370 g/mol. The molecule has 0 radical (unpaired) electrons. The number of methoxy groups -OCH3 is 1. The van der Waals surface area contributed by atoms with Crippen LogP contribution < -0.4 is 14.5 Å². The smallest absolute Gasteiger partial charge is 0.167 e. The highest BCUT2D eigenvalue weighted by atomic mass is 19.1. The molecule has 0 bridgehead atoms. The van der Waals surface area contributed by atoms with Crippen LogP contribution in [0.15, 0.2) is 42.7 Å². The van der Waals surface area contributed by atoms with Crippen molar-refractivity contribution in [3.63, 3.8) is 0 Å². The van der Waals surface area contributed by atoms with Crippen LogP contribution in [0, 0.1) is 11.6 Å². The quantitative estimate of drug-likeness (QED) is 0.704. The van der Waals surface area contributed by atoms with Gasteiger partial charge in [0.25, 0.3) is 0 Å². The van der Waals surface area contributed by atoms with Crippen LogP contribution in [0.3, 0.4) is 0 Å². The molecular formula is C20H20F2N4O. The first-order valence-corrected chi connectivity index (χ1v) is 8.83. The van der Waals surface area contributed by atoms with Gasteiger partial charge in [0.1, 0.15) is 18.0 Å². The molecule has 1 saturated heterocycles. The van der Waals surface area contributed by atoms with E-state index >= 15 is 0 Å². The second-order valence-corrected chi connectivity index (χ2v) is 6.64. The normalized spacial score (nSPS) is 17.4. The molecule has 3 aromatic rings. The Hall–Kier alpha value is -2.96. The molecule has 1 aliphatic heterocycles. The Balaban J connectivity index is 1.66. The molecule has 0 spiro atoms. The van der Waals surface area contributed by atoms with Gasteiger partial charge in [-0.05, 0) is 25.1 Å². The van der Waals surface area contributed by atoms with Crippen molar-refractivity contribution in [2.75, 3.05) is 36.5 Å². The summed E-state index contributed by atoms with van der Waals surface area (Å²) in [5.41, 5.74) is 1.14. The van der Waals surface area contributed by atoms with Gasteiger partial charge in [0.05, 0.1) is 18.3 Å². The van der Waals surface area contributed by atoms with Crippen LogP contribution in [0.5, 0.6) is 5.75 Å². The van der Waals surface area contributed by atoms with Crippen molar-refractivity contribution in [3.05, 3.63) is 54.4 Å². The highest BCUT2D eigenvalue weighted by Gasteiger charge is 2.27. The Morgan fingerprint density at radius 1 is 1.07 bits per heavy atom. The van der Waals surface area contributed by atoms with Gasteiger partial charge < -0.3 is 14.5 Å². The first kappa shape index (κ1) is 17.5. The third kappa shape index (κ3) is 3.13. The largest absolute Gasteiger partial charge is 0.494 e. The first-order chi connectivity index (χ1) is 13.1. The molecule has 0 N–H and O–H groups in total. The Kier molecular flexibility index (Phi) is 4.51. The number of anilines is 2. The Labute approximate surface area is 156 Å². The van der Waals surface area contributed by atoms with Gasteiger partial charge in [-0.15, -0.1) is 0 Å². The van der Waals surface area contributed by atoms with Crippen LogP contribution in [-0.2, 0) is 0 Å². The van der Waals surface area contributed by atoms with Gasteiger partial charge >= 0.3 is 0 Å². The summed E-state index contributed by atoms with van der Waals surface area (Å²) in [6, 6.07) is 9.89. The molecule has 2 aromatic carbocycles. The number of rotatable bonds is 3. The van der Waals surface area contributed by atoms with Crippen LogP contribution in [0.2, 0.25) is 0 Å². The highest BCUT2D eigenvalue weighted by molar-refractivity contribution is 5.90. The van der Waals surface area contributed by atoms with E-state index in [0.29, 0.717) is 30.8 Å². The molecule has 7 heteroatoms. The van der Waals surface area contributed by atoms with Gasteiger partial charge in [0, 0.05) is 37.1 Å². The summed E-state index contributed by atoms with van der Waals surface area (Å²) in [6.45, 7) is 4.06. The molecule has 27 heavy (non-hydrogen) atoms. The lowest BCUT2D eigenvalue weighted by Crippen LogP contribution is -2.52. The standard InChI is InChI=1S/C20H20F2N4O/c1-13-11-25(18-6-4-3-5-15(18)21)7-8-26(13)20-14-9-19(27-2)16(22)10-17(14)23-12-24-20/h3-6,9-10,12-13H,7-8,11H2,1-2H3. The molecule has 4 rings (SSSR count). The minimum atomic E-state index is -0.452. The lowest BCUT2D eigenvalue weighted by Gasteiger charge is -2.42. The number of para-hydroxylation sites is 1. The van der Waals surface area contributed by atoms with Crippen molar-refractivity contribution < 1.29 is 13.5 Å². The van der Waals surface area contributed by atoms with E-state index in [1.165, 1.54) is 25.6 Å². The van der Waals surface area contributed by atoms with Crippen molar-refractivity contribution in [1.82, 2.24) is 9.97 Å². The molecule has 5 nitrogen and oxygen atoms in total. The number of nitrogens with zero attached hydrogens (tertiary/aromatic N) is 4. The number of halogens is 2. The average Bonchev–Trinajstić information content (AvgIpc) is 2.67. The number of piperazine rings is 1. The zero-order chi connectivity index (χ0) is 19.0. The van der Waals surface area contributed by atoms with Crippen molar-refractivity contribution in [3.8, 4) is 5.75 Å². The van der Waals surface area contributed by atoms with Gasteiger partial charge in [-0.2, -0.15) is 0 Å². The predicted molar refractivity (Wildman–Crippen MR) is 101 cm³/mol. The van der Waals surface area contributed by atoms with Crippen molar-refractivity contribution in [2.45, 2.75) is 13.0 Å². The van der Waals surface area contributed by atoms with Crippen LogP contribution >= 0.6 is 0 Å².